The number of allylic oxidation sites excluding steroid dienone is 6. The van der Waals surface area contributed by atoms with E-state index in [9.17, 15) is 30.3 Å². The van der Waals surface area contributed by atoms with Crippen LogP contribution in [0.3, 0.4) is 0 Å². The number of hydrogen-bond donors (Lipinski definition) is 6. The summed E-state index contributed by atoms with van der Waals surface area (Å²) in [4.78, 5) is 12.9. The lowest BCUT2D eigenvalue weighted by molar-refractivity contribution is -0.302. The van der Waals surface area contributed by atoms with Crippen LogP contribution in [0.25, 0.3) is 0 Å². The second kappa shape index (κ2) is 50.0. The summed E-state index contributed by atoms with van der Waals surface area (Å²) in [5.74, 6) is -0.147. The van der Waals surface area contributed by atoms with Gasteiger partial charge in [0.2, 0.25) is 5.91 Å². The molecule has 6 N–H and O–H groups in total. The van der Waals surface area contributed by atoms with E-state index >= 15 is 0 Å². The van der Waals surface area contributed by atoms with Gasteiger partial charge in [0.25, 0.3) is 0 Å². The molecule has 9 heteroatoms. The summed E-state index contributed by atoms with van der Waals surface area (Å²) in [5.41, 5.74) is 0. The number of carbonyl (C=O) groups is 1. The first kappa shape index (κ1) is 65.4. The van der Waals surface area contributed by atoms with Crippen molar-refractivity contribution in [3.8, 4) is 0 Å². The van der Waals surface area contributed by atoms with Crippen molar-refractivity contribution >= 4 is 5.91 Å². The number of aliphatic hydroxyl groups is 5. The zero-order valence-electron chi connectivity index (χ0n) is 45.1. The molecule has 9 nitrogen and oxygen atoms in total. The molecule has 1 aliphatic heterocycles. The molecule has 0 saturated carbocycles. The summed E-state index contributed by atoms with van der Waals surface area (Å²) < 4.78 is 11.2. The summed E-state index contributed by atoms with van der Waals surface area (Å²) in [6.07, 6.45) is 58.5. The number of hydrogen-bond acceptors (Lipinski definition) is 8. The van der Waals surface area contributed by atoms with Crippen molar-refractivity contribution in [2.24, 2.45) is 0 Å². The topological polar surface area (TPSA) is 149 Å². The summed E-state index contributed by atoms with van der Waals surface area (Å²) in [7, 11) is 0. The second-order valence-corrected chi connectivity index (χ2v) is 20.8. The van der Waals surface area contributed by atoms with Crippen LogP contribution in [0.4, 0.5) is 0 Å². The van der Waals surface area contributed by atoms with E-state index in [1.807, 2.05) is 0 Å². The Hall–Kier alpha value is -1.59. The van der Waals surface area contributed by atoms with Crippen LogP contribution >= 0.6 is 0 Å². The summed E-state index contributed by atoms with van der Waals surface area (Å²) in [6, 6.07) is -0.712. The monoisotopic (exact) mass is 976 g/mol. The summed E-state index contributed by atoms with van der Waals surface area (Å²) >= 11 is 0. The SMILES string of the molecule is CCCCCCC/C=C\C/C=C\C/C=C\CCCCCCCCCCCCCCCCCCCCCCCCCCCCC(=O)NC(COC1OC(CO)C(O)C(O)C1O)C(O)CCCCCCC. The molecule has 0 aromatic heterocycles. The fraction of sp³-hybridized carbons (Fsp3) is 0.883. The molecule has 0 radical (unpaired) electrons. The average Bonchev–Trinajstić information content (AvgIpc) is 3.35. The Bertz CT molecular complexity index is 1180. The van der Waals surface area contributed by atoms with E-state index in [0.29, 0.717) is 12.8 Å². The van der Waals surface area contributed by atoms with Crippen LogP contribution in [0.1, 0.15) is 284 Å². The van der Waals surface area contributed by atoms with Gasteiger partial charge in [-0.25, -0.2) is 0 Å². The molecule has 0 aliphatic carbocycles. The lowest BCUT2D eigenvalue weighted by Gasteiger charge is -2.40. The van der Waals surface area contributed by atoms with Gasteiger partial charge in [0.05, 0.1) is 25.4 Å². The van der Waals surface area contributed by atoms with Crippen LogP contribution in [0.2, 0.25) is 0 Å². The predicted octanol–water partition coefficient (Wildman–Crippen LogP) is 14.7. The highest BCUT2D eigenvalue weighted by Crippen LogP contribution is 2.23. The molecular formula is C60H113NO8. The molecule has 1 amide bonds. The quantitative estimate of drug-likeness (QED) is 0.0261. The normalized spacial score (nSPS) is 19.7. The Balaban J connectivity index is 1.91. The van der Waals surface area contributed by atoms with Gasteiger partial charge in [-0.1, -0.05) is 262 Å². The van der Waals surface area contributed by atoms with Gasteiger partial charge in [-0.05, 0) is 51.4 Å². The number of amides is 1. The maximum absolute atomic E-state index is 12.9. The third kappa shape index (κ3) is 39.6. The Morgan fingerprint density at radius 2 is 0.855 bits per heavy atom. The van der Waals surface area contributed by atoms with Crippen LogP contribution in [0.5, 0.6) is 0 Å². The highest BCUT2D eigenvalue weighted by Gasteiger charge is 2.44. The first-order valence-electron chi connectivity index (χ1n) is 29.7. The molecule has 1 saturated heterocycles. The Kier molecular flexibility index (Phi) is 47.4. The van der Waals surface area contributed by atoms with E-state index in [1.165, 1.54) is 193 Å². The number of carbonyl (C=O) groups excluding carboxylic acids is 1. The molecule has 406 valence electrons. The van der Waals surface area contributed by atoms with E-state index in [0.717, 1.165) is 64.2 Å². The predicted molar refractivity (Wildman–Crippen MR) is 290 cm³/mol. The number of unbranched alkanes of at least 4 members (excludes halogenated alkanes) is 35. The summed E-state index contributed by atoms with van der Waals surface area (Å²) in [5, 5.41) is 54.0. The minimum Gasteiger partial charge on any atom is -0.394 e. The molecule has 7 unspecified atom stereocenters. The zero-order valence-corrected chi connectivity index (χ0v) is 45.1. The molecule has 69 heavy (non-hydrogen) atoms. The van der Waals surface area contributed by atoms with E-state index in [4.69, 9.17) is 9.47 Å². The van der Waals surface area contributed by atoms with Crippen molar-refractivity contribution in [2.45, 2.75) is 326 Å². The van der Waals surface area contributed by atoms with Crippen LogP contribution < -0.4 is 5.32 Å². The minimum atomic E-state index is -1.55. The Morgan fingerprint density at radius 3 is 1.26 bits per heavy atom. The van der Waals surface area contributed by atoms with E-state index < -0.39 is 49.5 Å². The first-order valence-corrected chi connectivity index (χ1v) is 29.7. The molecule has 0 aromatic carbocycles. The maximum atomic E-state index is 12.9. The molecule has 0 aromatic rings. The van der Waals surface area contributed by atoms with Gasteiger partial charge in [0.1, 0.15) is 24.4 Å². The van der Waals surface area contributed by atoms with Crippen molar-refractivity contribution in [1.29, 1.82) is 0 Å². The van der Waals surface area contributed by atoms with Gasteiger partial charge in [-0.15, -0.1) is 0 Å². The molecule has 1 fully saturated rings. The minimum absolute atomic E-state index is 0.137. The molecule has 1 aliphatic rings. The Morgan fingerprint density at radius 1 is 0.493 bits per heavy atom. The Labute approximate surface area is 425 Å². The van der Waals surface area contributed by atoms with Crippen molar-refractivity contribution in [3.05, 3.63) is 36.5 Å². The van der Waals surface area contributed by atoms with Crippen LogP contribution in [0.15, 0.2) is 36.5 Å². The first-order chi connectivity index (χ1) is 33.8. The fourth-order valence-corrected chi connectivity index (χ4v) is 9.52. The maximum Gasteiger partial charge on any atom is 0.220 e. The molecule has 1 heterocycles. The van der Waals surface area contributed by atoms with Crippen LogP contribution in [-0.4, -0.2) is 87.5 Å². The van der Waals surface area contributed by atoms with Gasteiger partial charge in [0.15, 0.2) is 6.29 Å². The fourth-order valence-electron chi connectivity index (χ4n) is 9.52. The molecule has 1 rings (SSSR count). The third-order valence-corrected chi connectivity index (χ3v) is 14.2. The molecule has 7 atom stereocenters. The van der Waals surface area contributed by atoms with Crippen LogP contribution in [-0.2, 0) is 14.3 Å². The second-order valence-electron chi connectivity index (χ2n) is 20.8. The third-order valence-electron chi connectivity index (χ3n) is 14.2. The van der Waals surface area contributed by atoms with Gasteiger partial charge < -0.3 is 40.3 Å². The summed E-state index contributed by atoms with van der Waals surface area (Å²) in [6.45, 7) is 3.74. The van der Waals surface area contributed by atoms with Crippen molar-refractivity contribution < 1.29 is 39.8 Å². The molecule has 0 bridgehead atoms. The number of nitrogens with one attached hydrogen (secondary N) is 1. The lowest BCUT2D eigenvalue weighted by atomic mass is 9.99. The smallest absolute Gasteiger partial charge is 0.220 e. The largest absolute Gasteiger partial charge is 0.394 e. The van der Waals surface area contributed by atoms with Gasteiger partial charge in [0, 0.05) is 6.42 Å². The number of ether oxygens (including phenoxy) is 2. The van der Waals surface area contributed by atoms with E-state index in [2.05, 4.69) is 55.6 Å². The van der Waals surface area contributed by atoms with Gasteiger partial charge >= 0.3 is 0 Å². The molecular weight excluding hydrogens is 863 g/mol. The van der Waals surface area contributed by atoms with Crippen LogP contribution in [0, 0.1) is 0 Å². The van der Waals surface area contributed by atoms with Crippen molar-refractivity contribution in [3.63, 3.8) is 0 Å². The lowest BCUT2D eigenvalue weighted by Crippen LogP contribution is -2.60. The number of aliphatic hydroxyl groups excluding tert-OH is 5. The zero-order chi connectivity index (χ0) is 50.1. The van der Waals surface area contributed by atoms with Crippen molar-refractivity contribution in [2.75, 3.05) is 13.2 Å². The molecule has 0 spiro atoms. The highest BCUT2D eigenvalue weighted by molar-refractivity contribution is 5.76. The number of rotatable bonds is 51. The van der Waals surface area contributed by atoms with Crippen molar-refractivity contribution in [1.82, 2.24) is 5.32 Å². The van der Waals surface area contributed by atoms with E-state index in [-0.39, 0.29) is 12.5 Å². The average molecular weight is 977 g/mol. The van der Waals surface area contributed by atoms with Gasteiger partial charge in [-0.3, -0.25) is 4.79 Å². The standard InChI is InChI=1S/C60H113NO8/c1-3-5-7-9-10-11-12-13-14-15-16-17-18-19-20-21-22-23-24-25-26-27-28-29-30-31-32-33-34-35-36-37-38-39-40-41-42-43-44-46-48-50-56(64)61-53(54(63)49-47-45-8-6-4-2)52-68-60-59(67)58(66)57(65)55(51-62)69-60/h12-13,15-16,18-19,53-55,57-60,62-63,65-67H,3-11,14,17,20-52H2,1-2H3,(H,61,64)/b13-12-,16-15-,19-18-. The van der Waals surface area contributed by atoms with E-state index in [1.54, 1.807) is 0 Å². The highest BCUT2D eigenvalue weighted by atomic mass is 16.7. The van der Waals surface area contributed by atoms with Gasteiger partial charge in [-0.2, -0.15) is 0 Å².